The van der Waals surface area contributed by atoms with Crippen molar-refractivity contribution in [1.82, 2.24) is 5.32 Å². The zero-order valence-corrected chi connectivity index (χ0v) is 13.6. The second-order valence-electron chi connectivity index (χ2n) is 5.87. The standard InChI is InChI=1S/C20H16F3NO2/c21-20(22,23)15-10-8-14(9-11-15)18(25)12-24-19(26)17-7-3-5-13-4-1-2-6-16(13)17/h1-11,18,25H,12H2,(H,24,26)/t18-/m0/s1. The normalized spacial score (nSPS) is 12.8. The zero-order chi connectivity index (χ0) is 18.7. The van der Waals surface area contributed by atoms with Crippen LogP contribution in [0.15, 0.2) is 66.7 Å². The Balaban J connectivity index is 1.69. The van der Waals surface area contributed by atoms with Crippen molar-refractivity contribution in [3.63, 3.8) is 0 Å². The highest BCUT2D eigenvalue weighted by molar-refractivity contribution is 6.07. The van der Waals surface area contributed by atoms with Crippen molar-refractivity contribution in [3.8, 4) is 0 Å². The number of nitrogens with one attached hydrogen (secondary N) is 1. The minimum Gasteiger partial charge on any atom is -0.387 e. The molecule has 0 aliphatic rings. The molecule has 1 amide bonds. The van der Waals surface area contributed by atoms with E-state index in [1.807, 2.05) is 30.3 Å². The molecule has 0 saturated carbocycles. The molecule has 0 bridgehead atoms. The third-order valence-electron chi connectivity index (χ3n) is 4.11. The lowest BCUT2D eigenvalue weighted by atomic mass is 10.0. The van der Waals surface area contributed by atoms with Gasteiger partial charge in [0.2, 0.25) is 0 Å². The predicted octanol–water partition coefficient (Wildman–Crippen LogP) is 4.32. The van der Waals surface area contributed by atoms with Crippen LogP contribution in [0.5, 0.6) is 0 Å². The molecule has 0 spiro atoms. The topological polar surface area (TPSA) is 49.3 Å². The third kappa shape index (κ3) is 3.86. The number of fused-ring (bicyclic) bond motifs is 1. The van der Waals surface area contributed by atoms with E-state index < -0.39 is 17.8 Å². The van der Waals surface area contributed by atoms with Crippen LogP contribution in [0.1, 0.15) is 27.6 Å². The highest BCUT2D eigenvalue weighted by Crippen LogP contribution is 2.29. The monoisotopic (exact) mass is 359 g/mol. The summed E-state index contributed by atoms with van der Waals surface area (Å²) in [4.78, 5) is 12.4. The molecular weight excluding hydrogens is 343 g/mol. The summed E-state index contributed by atoms with van der Waals surface area (Å²) in [7, 11) is 0. The van der Waals surface area contributed by atoms with Crippen molar-refractivity contribution < 1.29 is 23.1 Å². The summed E-state index contributed by atoms with van der Waals surface area (Å²) in [6.07, 6.45) is -5.53. The van der Waals surface area contributed by atoms with Crippen LogP contribution < -0.4 is 5.32 Å². The molecular formula is C20H16F3NO2. The minimum atomic E-state index is -4.42. The molecule has 0 unspecified atom stereocenters. The molecule has 2 N–H and O–H groups in total. The quantitative estimate of drug-likeness (QED) is 0.729. The average molecular weight is 359 g/mol. The zero-order valence-electron chi connectivity index (χ0n) is 13.6. The number of rotatable bonds is 4. The first-order valence-electron chi connectivity index (χ1n) is 7.97. The summed E-state index contributed by atoms with van der Waals surface area (Å²) in [5, 5.41) is 14.5. The van der Waals surface area contributed by atoms with Gasteiger partial charge in [-0.2, -0.15) is 13.2 Å². The lowest BCUT2D eigenvalue weighted by Crippen LogP contribution is -2.28. The molecule has 26 heavy (non-hydrogen) atoms. The van der Waals surface area contributed by atoms with Crippen molar-refractivity contribution >= 4 is 16.7 Å². The summed E-state index contributed by atoms with van der Waals surface area (Å²) >= 11 is 0. The lowest BCUT2D eigenvalue weighted by Gasteiger charge is -2.14. The number of amides is 1. The van der Waals surface area contributed by atoms with E-state index in [1.54, 1.807) is 12.1 Å². The average Bonchev–Trinajstić information content (AvgIpc) is 2.64. The third-order valence-corrected chi connectivity index (χ3v) is 4.11. The smallest absolute Gasteiger partial charge is 0.387 e. The molecule has 3 rings (SSSR count). The summed E-state index contributed by atoms with van der Waals surface area (Å²) in [6, 6.07) is 17.0. The molecule has 0 radical (unpaired) electrons. The maximum Gasteiger partial charge on any atom is 0.416 e. The molecule has 0 aliphatic carbocycles. The van der Waals surface area contributed by atoms with E-state index in [1.165, 1.54) is 12.1 Å². The Morgan fingerprint density at radius 2 is 1.62 bits per heavy atom. The van der Waals surface area contributed by atoms with Crippen molar-refractivity contribution in [2.24, 2.45) is 0 Å². The maximum absolute atomic E-state index is 12.6. The molecule has 6 heteroatoms. The first kappa shape index (κ1) is 17.9. The van der Waals surface area contributed by atoms with Crippen LogP contribution in [0.4, 0.5) is 13.2 Å². The van der Waals surface area contributed by atoms with E-state index in [2.05, 4.69) is 5.32 Å². The van der Waals surface area contributed by atoms with Gasteiger partial charge in [-0.3, -0.25) is 4.79 Å². The van der Waals surface area contributed by atoms with Crippen LogP contribution in [0.25, 0.3) is 10.8 Å². The number of aliphatic hydroxyl groups is 1. The molecule has 0 saturated heterocycles. The van der Waals surface area contributed by atoms with Gasteiger partial charge < -0.3 is 10.4 Å². The van der Waals surface area contributed by atoms with Crippen LogP contribution in [0.3, 0.4) is 0 Å². The van der Waals surface area contributed by atoms with E-state index in [-0.39, 0.29) is 12.5 Å². The molecule has 3 aromatic carbocycles. The Kier molecular flexibility index (Phi) is 4.95. The van der Waals surface area contributed by atoms with Gasteiger partial charge in [-0.15, -0.1) is 0 Å². The summed E-state index contributed by atoms with van der Waals surface area (Å²) in [5.41, 5.74) is -0.00724. The number of halogens is 3. The van der Waals surface area contributed by atoms with E-state index >= 15 is 0 Å². The Hall–Kier alpha value is -2.86. The van der Waals surface area contributed by atoms with Crippen LogP contribution >= 0.6 is 0 Å². The van der Waals surface area contributed by atoms with Crippen LogP contribution in [-0.2, 0) is 6.18 Å². The largest absolute Gasteiger partial charge is 0.416 e. The Labute approximate surface area is 148 Å². The first-order valence-corrected chi connectivity index (χ1v) is 7.97. The van der Waals surface area contributed by atoms with Crippen molar-refractivity contribution in [3.05, 3.63) is 83.4 Å². The summed E-state index contributed by atoms with van der Waals surface area (Å²) < 4.78 is 37.7. The molecule has 3 aromatic rings. The Morgan fingerprint density at radius 3 is 2.31 bits per heavy atom. The molecule has 1 atom stereocenters. The second kappa shape index (κ2) is 7.17. The Morgan fingerprint density at radius 1 is 0.962 bits per heavy atom. The fourth-order valence-corrected chi connectivity index (χ4v) is 2.72. The van der Waals surface area contributed by atoms with Gasteiger partial charge in [0.25, 0.3) is 5.91 Å². The number of benzene rings is 3. The maximum atomic E-state index is 12.6. The van der Waals surface area contributed by atoms with Gasteiger partial charge in [-0.05, 0) is 34.5 Å². The number of alkyl halides is 3. The highest BCUT2D eigenvalue weighted by Gasteiger charge is 2.30. The van der Waals surface area contributed by atoms with Crippen LogP contribution in [-0.4, -0.2) is 17.6 Å². The predicted molar refractivity (Wildman–Crippen MR) is 92.7 cm³/mol. The van der Waals surface area contributed by atoms with E-state index in [0.29, 0.717) is 11.1 Å². The Bertz CT molecular complexity index is 915. The van der Waals surface area contributed by atoms with Gasteiger partial charge >= 0.3 is 6.18 Å². The van der Waals surface area contributed by atoms with Gasteiger partial charge in [0, 0.05) is 12.1 Å². The molecule has 0 fully saturated rings. The fraction of sp³-hybridized carbons (Fsp3) is 0.150. The lowest BCUT2D eigenvalue weighted by molar-refractivity contribution is -0.137. The molecule has 0 heterocycles. The number of carbonyl (C=O) groups is 1. The van der Waals surface area contributed by atoms with E-state index in [9.17, 15) is 23.1 Å². The van der Waals surface area contributed by atoms with Gasteiger partial charge in [-0.1, -0.05) is 48.5 Å². The molecule has 3 nitrogen and oxygen atoms in total. The number of hydrogen-bond acceptors (Lipinski definition) is 2. The number of hydrogen-bond donors (Lipinski definition) is 2. The van der Waals surface area contributed by atoms with Crippen LogP contribution in [0, 0.1) is 0 Å². The van der Waals surface area contributed by atoms with Crippen molar-refractivity contribution in [1.29, 1.82) is 0 Å². The molecule has 0 aliphatic heterocycles. The van der Waals surface area contributed by atoms with Crippen molar-refractivity contribution in [2.75, 3.05) is 6.54 Å². The van der Waals surface area contributed by atoms with Crippen molar-refractivity contribution in [2.45, 2.75) is 12.3 Å². The molecule has 0 aromatic heterocycles. The van der Waals surface area contributed by atoms with E-state index in [4.69, 9.17) is 0 Å². The summed E-state index contributed by atoms with van der Waals surface area (Å²) in [5.74, 6) is -0.354. The fourth-order valence-electron chi connectivity index (χ4n) is 2.72. The SMILES string of the molecule is O=C(NC[C@H](O)c1ccc(C(F)(F)F)cc1)c1cccc2ccccc12. The van der Waals surface area contributed by atoms with E-state index in [0.717, 1.165) is 22.9 Å². The van der Waals surface area contributed by atoms with Gasteiger partial charge in [-0.25, -0.2) is 0 Å². The second-order valence-corrected chi connectivity index (χ2v) is 5.87. The van der Waals surface area contributed by atoms with Crippen LogP contribution in [0.2, 0.25) is 0 Å². The van der Waals surface area contributed by atoms with Gasteiger partial charge in [0.15, 0.2) is 0 Å². The number of carbonyl (C=O) groups excluding carboxylic acids is 1. The van der Waals surface area contributed by atoms with Gasteiger partial charge in [0.05, 0.1) is 11.7 Å². The first-order chi connectivity index (χ1) is 12.4. The number of aliphatic hydroxyl groups excluding tert-OH is 1. The molecule has 134 valence electrons. The minimum absolute atomic E-state index is 0.104. The highest BCUT2D eigenvalue weighted by atomic mass is 19.4. The summed E-state index contributed by atoms with van der Waals surface area (Å²) in [6.45, 7) is -0.104. The van der Waals surface area contributed by atoms with Gasteiger partial charge in [0.1, 0.15) is 0 Å².